The van der Waals surface area contributed by atoms with E-state index in [0.29, 0.717) is 34.0 Å². The molecule has 1 amide bonds. The maximum atomic E-state index is 12.6. The Labute approximate surface area is 173 Å². The SMILES string of the molecule is COc1cc2nn(C3CCC(CO)CC3)cc2cc1NC(=O)c1cncc(Cl)c1. The summed E-state index contributed by atoms with van der Waals surface area (Å²) in [6.07, 6.45) is 8.98. The molecule has 0 saturated heterocycles. The van der Waals surface area contributed by atoms with Crippen LogP contribution in [0.4, 0.5) is 5.69 Å². The lowest BCUT2D eigenvalue weighted by Gasteiger charge is -2.27. The quantitative estimate of drug-likeness (QED) is 0.656. The number of halogens is 1. The Morgan fingerprint density at radius 3 is 2.76 bits per heavy atom. The molecule has 1 aliphatic carbocycles. The van der Waals surface area contributed by atoms with Gasteiger partial charge in [0.05, 0.1) is 34.9 Å². The van der Waals surface area contributed by atoms with Crippen LogP contribution in [-0.2, 0) is 0 Å². The zero-order valence-corrected chi connectivity index (χ0v) is 16.9. The number of rotatable bonds is 5. The minimum atomic E-state index is -0.313. The fourth-order valence-electron chi connectivity index (χ4n) is 3.85. The van der Waals surface area contributed by atoms with Crippen LogP contribution in [0.25, 0.3) is 10.9 Å². The lowest BCUT2D eigenvalue weighted by Crippen LogP contribution is -2.20. The van der Waals surface area contributed by atoms with E-state index in [1.54, 1.807) is 13.2 Å². The number of amides is 1. The van der Waals surface area contributed by atoms with Crippen molar-refractivity contribution < 1.29 is 14.6 Å². The van der Waals surface area contributed by atoms with Gasteiger partial charge in [-0.3, -0.25) is 14.5 Å². The van der Waals surface area contributed by atoms with E-state index in [-0.39, 0.29) is 12.5 Å². The fraction of sp³-hybridized carbons (Fsp3) is 0.381. The maximum Gasteiger partial charge on any atom is 0.257 e. The van der Waals surface area contributed by atoms with Crippen molar-refractivity contribution in [1.82, 2.24) is 14.8 Å². The van der Waals surface area contributed by atoms with E-state index >= 15 is 0 Å². The third kappa shape index (κ3) is 4.21. The number of methoxy groups -OCH3 is 1. The minimum Gasteiger partial charge on any atom is -0.494 e. The zero-order chi connectivity index (χ0) is 20.4. The molecule has 8 heteroatoms. The first-order chi connectivity index (χ1) is 14.1. The summed E-state index contributed by atoms with van der Waals surface area (Å²) in [6, 6.07) is 5.59. The van der Waals surface area contributed by atoms with Crippen molar-refractivity contribution in [3.05, 3.63) is 47.4 Å². The number of hydrogen-bond donors (Lipinski definition) is 2. The van der Waals surface area contributed by atoms with Crippen LogP contribution >= 0.6 is 11.6 Å². The van der Waals surface area contributed by atoms with Crippen LogP contribution in [0.15, 0.2) is 36.8 Å². The van der Waals surface area contributed by atoms with Gasteiger partial charge in [-0.2, -0.15) is 5.10 Å². The smallest absolute Gasteiger partial charge is 0.257 e. The van der Waals surface area contributed by atoms with Crippen LogP contribution in [0.5, 0.6) is 5.75 Å². The van der Waals surface area contributed by atoms with Crippen LogP contribution in [0.1, 0.15) is 42.1 Å². The van der Waals surface area contributed by atoms with Gasteiger partial charge in [0.2, 0.25) is 0 Å². The molecular formula is C21H23ClN4O3. The summed E-state index contributed by atoms with van der Waals surface area (Å²) in [6.45, 7) is 0.260. The van der Waals surface area contributed by atoms with E-state index in [0.717, 1.165) is 36.6 Å². The van der Waals surface area contributed by atoms with Gasteiger partial charge in [0.1, 0.15) is 5.75 Å². The normalized spacial score (nSPS) is 19.3. The van der Waals surface area contributed by atoms with E-state index in [4.69, 9.17) is 21.4 Å². The summed E-state index contributed by atoms with van der Waals surface area (Å²) in [4.78, 5) is 16.5. The van der Waals surface area contributed by atoms with Crippen molar-refractivity contribution in [1.29, 1.82) is 0 Å². The Bertz CT molecular complexity index is 1030. The average Bonchev–Trinajstić information content (AvgIpc) is 3.16. The minimum absolute atomic E-state index is 0.260. The molecule has 1 saturated carbocycles. The maximum absolute atomic E-state index is 12.6. The van der Waals surface area contributed by atoms with Crippen molar-refractivity contribution in [2.45, 2.75) is 31.7 Å². The molecule has 1 fully saturated rings. The predicted octanol–water partition coefficient (Wildman–Crippen LogP) is 4.07. The number of pyridine rings is 1. The summed E-state index contributed by atoms with van der Waals surface area (Å²) in [5.41, 5.74) is 1.75. The Hall–Kier alpha value is -2.64. The monoisotopic (exact) mass is 414 g/mol. The van der Waals surface area contributed by atoms with Crippen LogP contribution < -0.4 is 10.1 Å². The second-order valence-corrected chi connectivity index (χ2v) is 7.86. The highest BCUT2D eigenvalue weighted by atomic mass is 35.5. The number of fused-ring (bicyclic) bond motifs is 1. The van der Waals surface area contributed by atoms with Crippen molar-refractivity contribution >= 4 is 34.1 Å². The highest BCUT2D eigenvalue weighted by Crippen LogP contribution is 2.35. The average molecular weight is 415 g/mol. The van der Waals surface area contributed by atoms with Gasteiger partial charge in [-0.1, -0.05) is 11.6 Å². The summed E-state index contributed by atoms with van der Waals surface area (Å²) in [5.74, 6) is 0.626. The number of benzene rings is 1. The Morgan fingerprint density at radius 2 is 2.07 bits per heavy atom. The van der Waals surface area contributed by atoms with Gasteiger partial charge in [0.25, 0.3) is 5.91 Å². The van der Waals surface area contributed by atoms with Gasteiger partial charge in [-0.25, -0.2) is 0 Å². The highest BCUT2D eigenvalue weighted by molar-refractivity contribution is 6.30. The van der Waals surface area contributed by atoms with E-state index in [2.05, 4.69) is 10.3 Å². The van der Waals surface area contributed by atoms with Crippen molar-refractivity contribution in [3.8, 4) is 5.75 Å². The molecule has 0 unspecified atom stereocenters. The lowest BCUT2D eigenvalue weighted by molar-refractivity contribution is 0.102. The first kappa shape index (κ1) is 19.7. The molecule has 1 aliphatic rings. The van der Waals surface area contributed by atoms with E-state index < -0.39 is 0 Å². The second kappa shape index (κ2) is 8.39. The molecule has 29 heavy (non-hydrogen) atoms. The third-order valence-corrected chi connectivity index (χ3v) is 5.71. The number of aromatic nitrogens is 3. The van der Waals surface area contributed by atoms with Crippen molar-refractivity contribution in [3.63, 3.8) is 0 Å². The van der Waals surface area contributed by atoms with Crippen LogP contribution in [0, 0.1) is 5.92 Å². The van der Waals surface area contributed by atoms with Crippen LogP contribution in [-0.4, -0.2) is 39.5 Å². The highest BCUT2D eigenvalue weighted by Gasteiger charge is 2.23. The van der Waals surface area contributed by atoms with E-state index in [9.17, 15) is 9.90 Å². The number of nitrogens with one attached hydrogen (secondary N) is 1. The molecule has 3 aromatic rings. The van der Waals surface area contributed by atoms with Crippen molar-refractivity contribution in [2.24, 2.45) is 5.92 Å². The number of hydrogen-bond acceptors (Lipinski definition) is 5. The zero-order valence-electron chi connectivity index (χ0n) is 16.1. The number of aliphatic hydroxyl groups excluding tert-OH is 1. The Kier molecular flexibility index (Phi) is 5.69. The number of carbonyl (C=O) groups excluding carboxylic acids is 1. The van der Waals surface area contributed by atoms with Gasteiger partial charge >= 0.3 is 0 Å². The standard InChI is InChI=1S/C21H23ClN4O3/c1-29-20-8-18-15(11-26(25-18)17-4-2-13(12-27)3-5-17)7-19(20)24-21(28)14-6-16(22)10-23-9-14/h6-11,13,17,27H,2-5,12H2,1H3,(H,24,28). The molecule has 1 aromatic carbocycles. The molecule has 4 rings (SSSR count). The van der Waals surface area contributed by atoms with Gasteiger partial charge in [0, 0.05) is 36.7 Å². The van der Waals surface area contributed by atoms with Gasteiger partial charge in [-0.05, 0) is 43.7 Å². The molecule has 2 heterocycles. The molecule has 2 aromatic heterocycles. The molecule has 0 atom stereocenters. The van der Waals surface area contributed by atoms with Crippen molar-refractivity contribution in [2.75, 3.05) is 19.0 Å². The van der Waals surface area contributed by atoms with Crippen LogP contribution in [0.3, 0.4) is 0 Å². The molecular weight excluding hydrogens is 392 g/mol. The summed E-state index contributed by atoms with van der Waals surface area (Å²) in [5, 5.41) is 18.3. The third-order valence-electron chi connectivity index (χ3n) is 5.51. The summed E-state index contributed by atoms with van der Waals surface area (Å²) < 4.78 is 7.47. The fourth-order valence-corrected chi connectivity index (χ4v) is 4.02. The predicted molar refractivity (Wildman–Crippen MR) is 112 cm³/mol. The molecule has 152 valence electrons. The number of carbonyl (C=O) groups is 1. The van der Waals surface area contributed by atoms with Gasteiger partial charge < -0.3 is 15.2 Å². The second-order valence-electron chi connectivity index (χ2n) is 7.42. The first-order valence-corrected chi connectivity index (χ1v) is 10.0. The molecule has 0 spiro atoms. The number of ether oxygens (including phenoxy) is 1. The van der Waals surface area contributed by atoms with Gasteiger partial charge in [-0.15, -0.1) is 0 Å². The topological polar surface area (TPSA) is 89.3 Å². The van der Waals surface area contributed by atoms with E-state index in [1.807, 2.05) is 23.0 Å². The summed E-state index contributed by atoms with van der Waals surface area (Å²) >= 11 is 5.93. The molecule has 0 aliphatic heterocycles. The number of aliphatic hydroxyl groups is 1. The molecule has 0 radical (unpaired) electrons. The Balaban J connectivity index is 1.59. The largest absolute Gasteiger partial charge is 0.494 e. The van der Waals surface area contributed by atoms with Gasteiger partial charge in [0.15, 0.2) is 0 Å². The van der Waals surface area contributed by atoms with Crippen LogP contribution in [0.2, 0.25) is 5.02 Å². The molecule has 0 bridgehead atoms. The molecule has 7 nitrogen and oxygen atoms in total. The Morgan fingerprint density at radius 1 is 1.28 bits per heavy atom. The van der Waals surface area contributed by atoms with E-state index in [1.165, 1.54) is 12.4 Å². The number of nitrogens with zero attached hydrogens (tertiary/aromatic N) is 3. The molecule has 2 N–H and O–H groups in total. The number of anilines is 1. The first-order valence-electron chi connectivity index (χ1n) is 9.67. The summed E-state index contributed by atoms with van der Waals surface area (Å²) in [7, 11) is 1.56. The lowest BCUT2D eigenvalue weighted by atomic mass is 9.87.